The molecule has 6 nitrogen and oxygen atoms in total. The Bertz CT molecular complexity index is 943. The van der Waals surface area contributed by atoms with Crippen LogP contribution in [0.25, 0.3) is 21.0 Å². The Morgan fingerprint density at radius 3 is 3.04 bits per heavy atom. The van der Waals surface area contributed by atoms with Crippen molar-refractivity contribution in [1.29, 1.82) is 0 Å². The molecular weight excluding hydrogens is 333 g/mol. The van der Waals surface area contributed by atoms with Gasteiger partial charge in [-0.05, 0) is 31.4 Å². The topological polar surface area (TPSA) is 79.4 Å². The number of nitrogen functional groups attached to an aromatic ring is 1. The number of hydrogen-bond acceptors (Lipinski definition) is 6. The Kier molecular flexibility index (Phi) is 3.65. The van der Waals surface area contributed by atoms with E-state index in [2.05, 4.69) is 5.10 Å². The van der Waals surface area contributed by atoms with Gasteiger partial charge in [0.05, 0.1) is 28.4 Å². The quantitative estimate of drug-likeness (QED) is 0.717. The number of nitrogens with two attached hydrogens (primary N) is 1. The molecular formula is C16H16FN3O3S. The lowest BCUT2D eigenvalue weighted by Crippen LogP contribution is -2.19. The van der Waals surface area contributed by atoms with Crippen LogP contribution in [-0.2, 0) is 9.47 Å². The molecule has 0 radical (unpaired) electrons. The van der Waals surface area contributed by atoms with Crippen molar-refractivity contribution in [3.8, 4) is 0 Å². The maximum absolute atomic E-state index is 14.6. The summed E-state index contributed by atoms with van der Waals surface area (Å²) in [5.41, 5.74) is 6.99. The molecule has 3 aromatic rings. The fraction of sp³-hybridized carbons (Fsp3) is 0.375. The summed E-state index contributed by atoms with van der Waals surface area (Å²) < 4.78 is 27.2. The molecule has 2 N–H and O–H groups in total. The van der Waals surface area contributed by atoms with Gasteiger partial charge in [-0.3, -0.25) is 0 Å². The largest absolute Gasteiger partial charge is 0.465 e. The van der Waals surface area contributed by atoms with Crippen LogP contribution < -0.4 is 5.73 Å². The van der Waals surface area contributed by atoms with Crippen LogP contribution in [0.3, 0.4) is 0 Å². The van der Waals surface area contributed by atoms with Gasteiger partial charge in [0.15, 0.2) is 6.23 Å². The fourth-order valence-electron chi connectivity index (χ4n) is 3.14. The predicted octanol–water partition coefficient (Wildman–Crippen LogP) is 3.46. The number of aromatic nitrogens is 2. The Labute approximate surface area is 140 Å². The summed E-state index contributed by atoms with van der Waals surface area (Å²) in [6, 6.07) is 3.56. The predicted molar refractivity (Wildman–Crippen MR) is 89.7 cm³/mol. The van der Waals surface area contributed by atoms with Crippen molar-refractivity contribution in [2.75, 3.05) is 19.5 Å². The summed E-state index contributed by atoms with van der Waals surface area (Å²) in [6.45, 7) is 0.647. The molecule has 1 unspecified atom stereocenters. The number of nitrogens with zero attached hydrogens (tertiary/aromatic N) is 2. The molecule has 1 aliphatic rings. The number of carbonyl (C=O) groups excluding carboxylic acids is 1. The first-order valence-electron chi connectivity index (χ1n) is 7.70. The van der Waals surface area contributed by atoms with Crippen LogP contribution in [0.2, 0.25) is 0 Å². The van der Waals surface area contributed by atoms with Crippen molar-refractivity contribution in [2.45, 2.75) is 25.5 Å². The van der Waals surface area contributed by atoms with Gasteiger partial charge in [0.2, 0.25) is 5.95 Å². The third-order valence-electron chi connectivity index (χ3n) is 4.32. The second kappa shape index (κ2) is 5.71. The highest BCUT2D eigenvalue weighted by Gasteiger charge is 2.25. The van der Waals surface area contributed by atoms with Gasteiger partial charge in [0, 0.05) is 12.0 Å². The average Bonchev–Trinajstić information content (AvgIpc) is 3.13. The van der Waals surface area contributed by atoms with Crippen LogP contribution in [0.5, 0.6) is 0 Å². The van der Waals surface area contributed by atoms with Crippen molar-refractivity contribution in [3.05, 3.63) is 23.0 Å². The van der Waals surface area contributed by atoms with Crippen LogP contribution >= 0.6 is 11.3 Å². The van der Waals surface area contributed by atoms with Gasteiger partial charge in [0.25, 0.3) is 0 Å². The zero-order chi connectivity index (χ0) is 16.8. The normalized spacial score (nSPS) is 18.3. The first-order chi connectivity index (χ1) is 11.6. The zero-order valence-corrected chi connectivity index (χ0v) is 13.9. The van der Waals surface area contributed by atoms with Gasteiger partial charge < -0.3 is 15.2 Å². The number of rotatable bonds is 2. The van der Waals surface area contributed by atoms with Crippen LogP contribution in [0, 0.1) is 5.95 Å². The van der Waals surface area contributed by atoms with Gasteiger partial charge in [-0.2, -0.15) is 4.39 Å². The number of ether oxygens (including phenoxy) is 2. The molecule has 1 fully saturated rings. The number of hydrogen-bond donors (Lipinski definition) is 1. The Morgan fingerprint density at radius 1 is 1.50 bits per heavy atom. The molecule has 1 aromatic carbocycles. The molecule has 1 saturated heterocycles. The Hall–Kier alpha value is -2.19. The van der Waals surface area contributed by atoms with Gasteiger partial charge in [0.1, 0.15) is 4.88 Å². The maximum atomic E-state index is 14.6. The highest BCUT2D eigenvalue weighted by Crippen LogP contribution is 2.40. The minimum Gasteiger partial charge on any atom is -0.465 e. The van der Waals surface area contributed by atoms with E-state index < -0.39 is 11.9 Å². The number of benzene rings is 1. The number of methoxy groups -OCH3 is 1. The number of fused-ring (bicyclic) bond motifs is 3. The molecule has 2 aromatic heterocycles. The van der Waals surface area contributed by atoms with E-state index in [0.717, 1.165) is 30.6 Å². The van der Waals surface area contributed by atoms with E-state index in [4.69, 9.17) is 15.2 Å². The summed E-state index contributed by atoms with van der Waals surface area (Å²) in [4.78, 5) is 12.1. The fourth-order valence-corrected chi connectivity index (χ4v) is 4.31. The van der Waals surface area contributed by atoms with E-state index in [1.807, 2.05) is 0 Å². The van der Waals surface area contributed by atoms with Gasteiger partial charge in [-0.1, -0.05) is 0 Å². The first kappa shape index (κ1) is 15.3. The lowest BCUT2D eigenvalue weighted by Gasteiger charge is -2.23. The highest BCUT2D eigenvalue weighted by atomic mass is 32.1. The lowest BCUT2D eigenvalue weighted by atomic mass is 10.1. The average molecular weight is 349 g/mol. The number of anilines is 1. The van der Waals surface area contributed by atoms with E-state index in [1.165, 1.54) is 7.11 Å². The van der Waals surface area contributed by atoms with Crippen LogP contribution in [0.1, 0.15) is 35.2 Å². The van der Waals surface area contributed by atoms with E-state index >= 15 is 0 Å². The molecule has 0 aliphatic carbocycles. The monoisotopic (exact) mass is 349 g/mol. The van der Waals surface area contributed by atoms with E-state index in [0.29, 0.717) is 33.3 Å². The minimum atomic E-state index is -0.581. The highest BCUT2D eigenvalue weighted by molar-refractivity contribution is 7.22. The molecule has 0 spiro atoms. The van der Waals surface area contributed by atoms with Crippen molar-refractivity contribution >= 4 is 44.0 Å². The summed E-state index contributed by atoms with van der Waals surface area (Å²) in [6.07, 6.45) is 2.56. The summed E-state index contributed by atoms with van der Waals surface area (Å²) in [5, 5.41) is 5.05. The molecule has 8 heteroatoms. The number of halogens is 1. The van der Waals surface area contributed by atoms with Crippen LogP contribution in [0.15, 0.2) is 12.1 Å². The minimum absolute atomic E-state index is 0.263. The van der Waals surface area contributed by atoms with Gasteiger partial charge in [-0.15, -0.1) is 16.4 Å². The second-order valence-corrected chi connectivity index (χ2v) is 6.75. The van der Waals surface area contributed by atoms with Crippen molar-refractivity contribution in [1.82, 2.24) is 9.78 Å². The van der Waals surface area contributed by atoms with Crippen molar-refractivity contribution < 1.29 is 18.7 Å². The van der Waals surface area contributed by atoms with Crippen molar-refractivity contribution in [3.63, 3.8) is 0 Å². The summed E-state index contributed by atoms with van der Waals surface area (Å²) in [7, 11) is 1.29. The maximum Gasteiger partial charge on any atom is 0.350 e. The summed E-state index contributed by atoms with van der Waals surface area (Å²) in [5.74, 6) is -1.10. The zero-order valence-electron chi connectivity index (χ0n) is 13.0. The molecule has 24 heavy (non-hydrogen) atoms. The first-order valence-corrected chi connectivity index (χ1v) is 8.52. The smallest absolute Gasteiger partial charge is 0.350 e. The third kappa shape index (κ3) is 2.17. The van der Waals surface area contributed by atoms with Crippen LogP contribution in [-0.4, -0.2) is 29.5 Å². The Balaban J connectivity index is 1.95. The van der Waals surface area contributed by atoms with E-state index in [-0.39, 0.29) is 11.1 Å². The summed E-state index contributed by atoms with van der Waals surface area (Å²) >= 11 is 1.13. The molecule has 126 valence electrons. The SMILES string of the molecule is COC(=O)c1sc2c(ccc3c2c(F)nn3C2CCCCO2)c1N. The number of esters is 1. The standard InChI is InChI=1S/C16H16FN3O3S/c1-22-16(21)14-12(18)8-5-6-9-11(13(8)24-14)15(17)19-20(9)10-4-2-3-7-23-10/h5-6,10H,2-4,7,18H2,1H3. The van der Waals surface area contributed by atoms with Crippen LogP contribution in [0.4, 0.5) is 10.1 Å². The lowest BCUT2D eigenvalue weighted by molar-refractivity contribution is -0.0375. The van der Waals surface area contributed by atoms with E-state index in [1.54, 1.807) is 16.8 Å². The number of thiophene rings is 1. The molecule has 1 aliphatic heterocycles. The molecule has 1 atom stereocenters. The Morgan fingerprint density at radius 2 is 2.33 bits per heavy atom. The third-order valence-corrected chi connectivity index (χ3v) is 5.54. The molecule has 3 heterocycles. The number of carbonyl (C=O) groups is 1. The van der Waals surface area contributed by atoms with Gasteiger partial charge >= 0.3 is 5.97 Å². The van der Waals surface area contributed by atoms with Crippen molar-refractivity contribution in [2.24, 2.45) is 0 Å². The van der Waals surface area contributed by atoms with Gasteiger partial charge in [-0.25, -0.2) is 9.48 Å². The van der Waals surface area contributed by atoms with E-state index in [9.17, 15) is 9.18 Å². The molecule has 0 amide bonds. The molecule has 0 saturated carbocycles. The second-order valence-electron chi connectivity index (χ2n) is 5.73. The molecule has 0 bridgehead atoms. The molecule has 4 rings (SSSR count).